The van der Waals surface area contributed by atoms with Gasteiger partial charge in [0.05, 0.1) is 0 Å². The summed E-state index contributed by atoms with van der Waals surface area (Å²) in [5, 5.41) is 3.91. The van der Waals surface area contributed by atoms with Crippen LogP contribution in [0.15, 0.2) is 36.4 Å². The van der Waals surface area contributed by atoms with Crippen LogP contribution in [0.1, 0.15) is 11.3 Å². The second-order valence-electron chi connectivity index (χ2n) is 4.32. The van der Waals surface area contributed by atoms with Crippen LogP contribution in [0.25, 0.3) is 0 Å². The highest BCUT2D eigenvalue weighted by atomic mass is 35.5. The average Bonchev–Trinajstić information content (AvgIpc) is 2.41. The third-order valence-corrected chi connectivity index (χ3v) is 3.34. The van der Waals surface area contributed by atoms with Crippen LogP contribution in [-0.2, 0) is 12.6 Å². The number of nitrogens with zero attached hydrogens (tertiary/aromatic N) is 1. The smallest absolute Gasteiger partial charge is 0.370 e. The van der Waals surface area contributed by atoms with Gasteiger partial charge >= 0.3 is 6.18 Å². The van der Waals surface area contributed by atoms with E-state index in [9.17, 15) is 13.2 Å². The molecule has 2 aromatic rings. The summed E-state index contributed by atoms with van der Waals surface area (Å²) in [6.07, 6.45) is -3.90. The molecule has 0 saturated heterocycles. The minimum absolute atomic E-state index is 0.176. The molecular formula is C14H11Cl2F3N2. The Hall–Kier alpha value is -1.46. The van der Waals surface area contributed by atoms with E-state index in [2.05, 4.69) is 10.3 Å². The summed E-state index contributed by atoms with van der Waals surface area (Å²) in [5.74, 6) is 0.176. The Balaban J connectivity index is 1.97. The van der Waals surface area contributed by atoms with E-state index in [1.807, 2.05) is 0 Å². The van der Waals surface area contributed by atoms with E-state index in [1.54, 1.807) is 18.2 Å². The SMILES string of the molecule is FC(F)(F)c1cccc(NCCc2ccc(Cl)cc2Cl)n1. The zero-order chi connectivity index (χ0) is 15.5. The van der Waals surface area contributed by atoms with Crippen molar-refractivity contribution in [2.45, 2.75) is 12.6 Å². The number of alkyl halides is 3. The first-order valence-electron chi connectivity index (χ1n) is 6.08. The molecular weight excluding hydrogens is 324 g/mol. The van der Waals surface area contributed by atoms with Gasteiger partial charge in [-0.3, -0.25) is 0 Å². The molecule has 0 bridgehead atoms. The molecule has 0 saturated carbocycles. The fraction of sp³-hybridized carbons (Fsp3) is 0.214. The number of anilines is 1. The minimum Gasteiger partial charge on any atom is -0.370 e. The van der Waals surface area contributed by atoms with Gasteiger partial charge in [-0.25, -0.2) is 4.98 Å². The largest absolute Gasteiger partial charge is 0.433 e. The maximum absolute atomic E-state index is 12.5. The summed E-state index contributed by atoms with van der Waals surface area (Å²) < 4.78 is 37.6. The van der Waals surface area contributed by atoms with Crippen molar-refractivity contribution in [2.24, 2.45) is 0 Å². The molecule has 0 amide bonds. The van der Waals surface area contributed by atoms with Crippen molar-refractivity contribution in [3.8, 4) is 0 Å². The van der Waals surface area contributed by atoms with E-state index in [-0.39, 0.29) is 5.82 Å². The summed E-state index contributed by atoms with van der Waals surface area (Å²) in [6.45, 7) is 0.412. The summed E-state index contributed by atoms with van der Waals surface area (Å²) in [4.78, 5) is 3.52. The zero-order valence-corrected chi connectivity index (χ0v) is 12.2. The van der Waals surface area contributed by atoms with E-state index in [4.69, 9.17) is 23.2 Å². The number of nitrogens with one attached hydrogen (secondary N) is 1. The molecule has 1 aromatic carbocycles. The van der Waals surface area contributed by atoms with Crippen LogP contribution in [0.2, 0.25) is 10.0 Å². The van der Waals surface area contributed by atoms with E-state index in [0.717, 1.165) is 11.6 Å². The molecule has 0 aliphatic heterocycles. The predicted molar refractivity (Wildman–Crippen MR) is 77.9 cm³/mol. The average molecular weight is 335 g/mol. The predicted octanol–water partition coefficient (Wildman–Crippen LogP) is 5.06. The molecule has 112 valence electrons. The topological polar surface area (TPSA) is 24.9 Å². The van der Waals surface area contributed by atoms with Crippen molar-refractivity contribution in [1.82, 2.24) is 4.98 Å². The van der Waals surface area contributed by atoms with Gasteiger partial charge in [-0.2, -0.15) is 13.2 Å². The van der Waals surface area contributed by atoms with Crippen LogP contribution < -0.4 is 5.32 Å². The molecule has 2 nitrogen and oxygen atoms in total. The molecule has 1 aromatic heterocycles. The second-order valence-corrected chi connectivity index (χ2v) is 5.16. The lowest BCUT2D eigenvalue weighted by Crippen LogP contribution is -2.11. The van der Waals surface area contributed by atoms with E-state index in [0.29, 0.717) is 23.0 Å². The minimum atomic E-state index is -4.45. The highest BCUT2D eigenvalue weighted by Gasteiger charge is 2.32. The number of hydrogen-bond donors (Lipinski definition) is 1. The third kappa shape index (κ3) is 4.51. The molecule has 0 radical (unpaired) electrons. The van der Waals surface area contributed by atoms with Gasteiger partial charge in [-0.15, -0.1) is 0 Å². The Morgan fingerprint density at radius 3 is 2.52 bits per heavy atom. The second kappa shape index (κ2) is 6.54. The molecule has 21 heavy (non-hydrogen) atoms. The van der Waals surface area contributed by atoms with Gasteiger partial charge in [0.25, 0.3) is 0 Å². The fourth-order valence-corrected chi connectivity index (χ4v) is 2.24. The molecule has 0 aliphatic carbocycles. The molecule has 0 atom stereocenters. The first kappa shape index (κ1) is 15.9. The van der Waals surface area contributed by atoms with Crippen LogP contribution in [0, 0.1) is 0 Å². The normalized spacial score (nSPS) is 11.5. The Labute approximate surface area is 129 Å². The molecule has 0 unspecified atom stereocenters. The fourth-order valence-electron chi connectivity index (χ4n) is 1.74. The quantitative estimate of drug-likeness (QED) is 0.845. The summed E-state index contributed by atoms with van der Waals surface area (Å²) in [6, 6.07) is 8.85. The first-order valence-corrected chi connectivity index (χ1v) is 6.84. The monoisotopic (exact) mass is 334 g/mol. The van der Waals surface area contributed by atoms with Gasteiger partial charge < -0.3 is 5.32 Å². The van der Waals surface area contributed by atoms with Crippen molar-refractivity contribution < 1.29 is 13.2 Å². The van der Waals surface area contributed by atoms with Gasteiger partial charge in [0.1, 0.15) is 11.5 Å². The lowest BCUT2D eigenvalue weighted by Gasteiger charge is -2.10. The maximum Gasteiger partial charge on any atom is 0.433 e. The number of benzene rings is 1. The zero-order valence-electron chi connectivity index (χ0n) is 10.7. The third-order valence-electron chi connectivity index (χ3n) is 2.76. The standard InChI is InChI=1S/C14H11Cl2F3N2/c15-10-5-4-9(11(16)8-10)6-7-20-13-3-1-2-12(21-13)14(17,18)19/h1-5,8H,6-7H2,(H,20,21). The highest BCUT2D eigenvalue weighted by Crippen LogP contribution is 2.28. The van der Waals surface area contributed by atoms with Crippen molar-refractivity contribution in [2.75, 3.05) is 11.9 Å². The molecule has 1 N–H and O–H groups in total. The van der Waals surface area contributed by atoms with Gasteiger partial charge in [0.15, 0.2) is 0 Å². The molecule has 0 aliphatic rings. The molecule has 1 heterocycles. The van der Waals surface area contributed by atoms with Crippen LogP contribution in [0.4, 0.5) is 19.0 Å². The number of halogens is 5. The van der Waals surface area contributed by atoms with Crippen molar-refractivity contribution in [3.63, 3.8) is 0 Å². The molecule has 7 heteroatoms. The Morgan fingerprint density at radius 1 is 1.10 bits per heavy atom. The van der Waals surface area contributed by atoms with E-state index < -0.39 is 11.9 Å². The summed E-state index contributed by atoms with van der Waals surface area (Å²) in [5.41, 5.74) is -0.0578. The summed E-state index contributed by atoms with van der Waals surface area (Å²) >= 11 is 11.8. The van der Waals surface area contributed by atoms with E-state index in [1.165, 1.54) is 12.1 Å². The number of aromatic nitrogens is 1. The Bertz CT molecular complexity index is 630. The molecule has 0 fully saturated rings. The van der Waals surface area contributed by atoms with Crippen molar-refractivity contribution >= 4 is 29.0 Å². The van der Waals surface area contributed by atoms with Crippen LogP contribution >= 0.6 is 23.2 Å². The number of pyridine rings is 1. The maximum atomic E-state index is 12.5. The van der Waals surface area contributed by atoms with Crippen LogP contribution in [0.3, 0.4) is 0 Å². The van der Waals surface area contributed by atoms with Crippen LogP contribution in [0.5, 0.6) is 0 Å². The Morgan fingerprint density at radius 2 is 1.86 bits per heavy atom. The van der Waals surface area contributed by atoms with Crippen molar-refractivity contribution in [3.05, 3.63) is 57.7 Å². The number of hydrogen-bond acceptors (Lipinski definition) is 2. The van der Waals surface area contributed by atoms with Crippen molar-refractivity contribution in [1.29, 1.82) is 0 Å². The Kier molecular flexibility index (Phi) is 4.96. The molecule has 2 rings (SSSR count). The van der Waals surface area contributed by atoms with Crippen LogP contribution in [-0.4, -0.2) is 11.5 Å². The summed E-state index contributed by atoms with van der Waals surface area (Å²) in [7, 11) is 0. The van der Waals surface area contributed by atoms with Gasteiger partial charge in [-0.05, 0) is 36.2 Å². The lowest BCUT2D eigenvalue weighted by atomic mass is 10.1. The first-order chi connectivity index (χ1) is 9.86. The van der Waals surface area contributed by atoms with Gasteiger partial charge in [0, 0.05) is 16.6 Å². The van der Waals surface area contributed by atoms with Gasteiger partial charge in [-0.1, -0.05) is 35.3 Å². The molecule has 0 spiro atoms. The lowest BCUT2D eigenvalue weighted by molar-refractivity contribution is -0.141. The van der Waals surface area contributed by atoms with E-state index >= 15 is 0 Å². The van der Waals surface area contributed by atoms with Gasteiger partial charge in [0.2, 0.25) is 0 Å². The highest BCUT2D eigenvalue weighted by molar-refractivity contribution is 6.35. The number of rotatable bonds is 4.